The normalized spacial score (nSPS) is 17.1. The lowest BCUT2D eigenvalue weighted by Gasteiger charge is -2.25. The van der Waals surface area contributed by atoms with E-state index in [9.17, 15) is 4.79 Å². The molecule has 6 heteroatoms. The number of fused-ring (bicyclic) bond motifs is 1. The van der Waals surface area contributed by atoms with Crippen molar-refractivity contribution in [2.45, 2.75) is 51.7 Å². The van der Waals surface area contributed by atoms with Gasteiger partial charge in [-0.25, -0.2) is 4.79 Å². The van der Waals surface area contributed by atoms with Gasteiger partial charge >= 0.3 is 6.09 Å². The Bertz CT molecular complexity index is 514. The molecule has 0 bridgehead atoms. The Labute approximate surface area is 138 Å². The Kier molecular flexibility index (Phi) is 6.21. The molecular weight excluding hydrogens is 294 g/mol. The molecule has 23 heavy (non-hydrogen) atoms. The molecule has 6 nitrogen and oxygen atoms in total. The quantitative estimate of drug-likeness (QED) is 0.788. The van der Waals surface area contributed by atoms with Crippen molar-refractivity contribution in [3.05, 3.63) is 24.0 Å². The highest BCUT2D eigenvalue weighted by atomic mass is 16.6. The highest BCUT2D eigenvalue weighted by Crippen LogP contribution is 2.29. The number of pyridine rings is 1. The number of rotatable bonds is 6. The summed E-state index contributed by atoms with van der Waals surface area (Å²) in [6, 6.07) is 4.10. The van der Waals surface area contributed by atoms with Gasteiger partial charge in [0, 0.05) is 19.2 Å². The van der Waals surface area contributed by atoms with Gasteiger partial charge in [-0.1, -0.05) is 0 Å². The second-order valence-corrected chi connectivity index (χ2v) is 6.67. The molecule has 0 fully saturated rings. The zero-order valence-corrected chi connectivity index (χ0v) is 14.2. The van der Waals surface area contributed by atoms with Gasteiger partial charge in [0.15, 0.2) is 0 Å². The van der Waals surface area contributed by atoms with E-state index in [4.69, 9.17) is 9.47 Å². The number of aromatic nitrogens is 1. The summed E-state index contributed by atoms with van der Waals surface area (Å²) in [7, 11) is 0. The first-order chi connectivity index (χ1) is 11.0. The molecular formula is C17H27N3O3. The van der Waals surface area contributed by atoms with Crippen molar-refractivity contribution >= 4 is 6.09 Å². The molecule has 0 radical (unpaired) electrons. The first-order valence-corrected chi connectivity index (χ1v) is 8.24. The fourth-order valence-electron chi connectivity index (χ4n) is 2.44. The van der Waals surface area contributed by atoms with Gasteiger partial charge in [0.05, 0.1) is 18.3 Å². The molecule has 0 aromatic carbocycles. The molecule has 1 atom stereocenters. The molecule has 2 heterocycles. The van der Waals surface area contributed by atoms with E-state index >= 15 is 0 Å². The van der Waals surface area contributed by atoms with Crippen LogP contribution in [0, 0.1) is 0 Å². The molecule has 1 aromatic rings. The van der Waals surface area contributed by atoms with Crippen LogP contribution in [0.2, 0.25) is 0 Å². The minimum atomic E-state index is -0.449. The van der Waals surface area contributed by atoms with Crippen LogP contribution >= 0.6 is 0 Å². The Hall–Kier alpha value is -1.82. The van der Waals surface area contributed by atoms with Crippen LogP contribution in [0.1, 0.15) is 51.8 Å². The second-order valence-electron chi connectivity index (χ2n) is 6.67. The highest BCUT2D eigenvalue weighted by molar-refractivity contribution is 5.67. The van der Waals surface area contributed by atoms with E-state index in [-0.39, 0.29) is 12.1 Å². The van der Waals surface area contributed by atoms with Gasteiger partial charge in [-0.15, -0.1) is 0 Å². The number of alkyl carbamates (subject to hydrolysis) is 1. The second kappa shape index (κ2) is 8.15. The van der Waals surface area contributed by atoms with Crippen molar-refractivity contribution in [1.29, 1.82) is 0 Å². The van der Waals surface area contributed by atoms with E-state index in [0.29, 0.717) is 6.54 Å². The third-order valence-electron chi connectivity index (χ3n) is 3.46. The number of nitrogens with one attached hydrogen (secondary N) is 2. The van der Waals surface area contributed by atoms with E-state index in [1.165, 1.54) is 0 Å². The number of carbonyl (C=O) groups excluding carboxylic acids is 1. The molecule has 0 saturated heterocycles. The highest BCUT2D eigenvalue weighted by Gasteiger charge is 2.21. The zero-order valence-electron chi connectivity index (χ0n) is 14.2. The van der Waals surface area contributed by atoms with Crippen molar-refractivity contribution < 1.29 is 14.3 Å². The molecule has 0 spiro atoms. The molecule has 1 amide bonds. The van der Waals surface area contributed by atoms with Gasteiger partial charge in [-0.2, -0.15) is 0 Å². The average Bonchev–Trinajstić information content (AvgIpc) is 2.49. The van der Waals surface area contributed by atoms with Crippen molar-refractivity contribution in [2.24, 2.45) is 0 Å². The maximum absolute atomic E-state index is 11.5. The minimum absolute atomic E-state index is 0.249. The largest absolute Gasteiger partial charge is 0.492 e. The predicted molar refractivity (Wildman–Crippen MR) is 88.6 cm³/mol. The molecule has 0 saturated carbocycles. The van der Waals surface area contributed by atoms with Gasteiger partial charge in [0.1, 0.15) is 11.4 Å². The van der Waals surface area contributed by atoms with Crippen molar-refractivity contribution in [3.8, 4) is 5.75 Å². The Balaban J connectivity index is 1.61. The van der Waals surface area contributed by atoms with Gasteiger partial charge in [0.2, 0.25) is 0 Å². The first kappa shape index (κ1) is 17.5. The summed E-state index contributed by atoms with van der Waals surface area (Å²) in [6.07, 6.45) is 4.26. The fraction of sp³-hybridized carbons (Fsp3) is 0.647. The summed E-state index contributed by atoms with van der Waals surface area (Å²) in [6.45, 7) is 7.80. The average molecular weight is 321 g/mol. The van der Waals surface area contributed by atoms with Crippen LogP contribution in [-0.2, 0) is 4.74 Å². The van der Waals surface area contributed by atoms with Crippen LogP contribution in [0.3, 0.4) is 0 Å². The summed E-state index contributed by atoms with van der Waals surface area (Å²) in [5.74, 6) is 0.878. The zero-order chi connectivity index (χ0) is 16.7. The Morgan fingerprint density at radius 2 is 2.17 bits per heavy atom. The molecule has 2 N–H and O–H groups in total. The number of amides is 1. The lowest BCUT2D eigenvalue weighted by atomic mass is 10.1. The van der Waals surface area contributed by atoms with Crippen molar-refractivity contribution in [2.75, 3.05) is 19.7 Å². The van der Waals surface area contributed by atoms with Crippen molar-refractivity contribution in [1.82, 2.24) is 15.6 Å². The van der Waals surface area contributed by atoms with E-state index in [1.807, 2.05) is 32.9 Å². The lowest BCUT2D eigenvalue weighted by Crippen LogP contribution is -2.33. The number of nitrogens with zero attached hydrogens (tertiary/aromatic N) is 1. The molecule has 128 valence electrons. The van der Waals surface area contributed by atoms with Gasteiger partial charge in [-0.05, 0) is 52.3 Å². The maximum Gasteiger partial charge on any atom is 0.407 e. The molecule has 1 aromatic heterocycles. The lowest BCUT2D eigenvalue weighted by molar-refractivity contribution is 0.0527. The summed E-state index contributed by atoms with van der Waals surface area (Å²) < 4.78 is 10.8. The molecule has 2 rings (SSSR count). The summed E-state index contributed by atoms with van der Waals surface area (Å²) in [5, 5.41) is 6.29. The SMILES string of the molecule is CC(C)(C)OC(=O)NCCCCN[C@@H]1CCOc2cccnc21. The van der Waals surface area contributed by atoms with Crippen LogP contribution in [0.5, 0.6) is 5.75 Å². The van der Waals surface area contributed by atoms with E-state index in [2.05, 4.69) is 15.6 Å². The topological polar surface area (TPSA) is 72.5 Å². The number of ether oxygens (including phenoxy) is 2. The van der Waals surface area contributed by atoms with Crippen LogP contribution in [0.4, 0.5) is 4.79 Å². The molecule has 1 aliphatic heterocycles. The van der Waals surface area contributed by atoms with Gasteiger partial charge in [-0.3, -0.25) is 4.98 Å². The van der Waals surface area contributed by atoms with Crippen LogP contribution < -0.4 is 15.4 Å². The van der Waals surface area contributed by atoms with Crippen molar-refractivity contribution in [3.63, 3.8) is 0 Å². The predicted octanol–water partition coefficient (Wildman–Crippen LogP) is 2.80. The smallest absolute Gasteiger partial charge is 0.407 e. The fourth-order valence-corrected chi connectivity index (χ4v) is 2.44. The number of hydrogen-bond acceptors (Lipinski definition) is 5. The minimum Gasteiger partial charge on any atom is -0.492 e. The summed E-state index contributed by atoms with van der Waals surface area (Å²) in [5.41, 5.74) is 0.542. The molecule has 0 unspecified atom stereocenters. The van der Waals surface area contributed by atoms with E-state index in [1.54, 1.807) is 6.20 Å². The molecule has 0 aliphatic carbocycles. The maximum atomic E-state index is 11.5. The van der Waals surface area contributed by atoms with Crippen LogP contribution in [-0.4, -0.2) is 36.4 Å². The monoisotopic (exact) mass is 321 g/mol. The van der Waals surface area contributed by atoms with Gasteiger partial charge in [0.25, 0.3) is 0 Å². The standard InChI is InChI=1S/C17H27N3O3/c1-17(2,3)23-16(21)20-10-5-4-9-18-13-8-12-22-14-7-6-11-19-15(13)14/h6-7,11,13,18H,4-5,8-10,12H2,1-3H3,(H,20,21)/t13-/m1/s1. The number of unbranched alkanes of at least 4 members (excludes halogenated alkanes) is 1. The number of carbonyl (C=O) groups is 1. The number of hydrogen-bond donors (Lipinski definition) is 2. The van der Waals surface area contributed by atoms with Crippen LogP contribution in [0.15, 0.2) is 18.3 Å². The van der Waals surface area contributed by atoms with E-state index < -0.39 is 5.60 Å². The third kappa shape index (κ3) is 6.06. The first-order valence-electron chi connectivity index (χ1n) is 8.24. The summed E-state index contributed by atoms with van der Waals surface area (Å²) >= 11 is 0. The Morgan fingerprint density at radius 3 is 2.96 bits per heavy atom. The van der Waals surface area contributed by atoms with Crippen LogP contribution in [0.25, 0.3) is 0 Å². The molecule has 1 aliphatic rings. The Morgan fingerprint density at radius 1 is 1.39 bits per heavy atom. The third-order valence-corrected chi connectivity index (χ3v) is 3.46. The van der Waals surface area contributed by atoms with Gasteiger partial charge < -0.3 is 20.1 Å². The van der Waals surface area contributed by atoms with E-state index in [0.717, 1.165) is 43.9 Å². The summed E-state index contributed by atoms with van der Waals surface area (Å²) in [4.78, 5) is 15.9.